The quantitative estimate of drug-likeness (QED) is 0.260. The van der Waals surface area contributed by atoms with Crippen LogP contribution in [0.2, 0.25) is 0 Å². The highest BCUT2D eigenvalue weighted by Gasteiger charge is 2.24. The van der Waals surface area contributed by atoms with E-state index in [-0.39, 0.29) is 18.9 Å². The molecule has 0 aromatic rings. The molecule has 0 atom stereocenters. The largest absolute Gasteiger partial charge is 0.480 e. The summed E-state index contributed by atoms with van der Waals surface area (Å²) in [5, 5.41) is 19.4. The van der Waals surface area contributed by atoms with Crippen LogP contribution in [0.15, 0.2) is 4.99 Å². The van der Waals surface area contributed by atoms with Crippen LogP contribution < -0.4 is 11.1 Å². The van der Waals surface area contributed by atoms with Gasteiger partial charge in [-0.1, -0.05) is 12.8 Å². The van der Waals surface area contributed by atoms with E-state index < -0.39 is 36.3 Å². The molecular formula is C16H28N4O7. The number of nitrogens with two attached hydrogens (primary N) is 1. The van der Waals surface area contributed by atoms with Crippen molar-refractivity contribution in [1.82, 2.24) is 10.2 Å². The van der Waals surface area contributed by atoms with E-state index in [1.807, 2.05) is 0 Å². The van der Waals surface area contributed by atoms with Crippen LogP contribution >= 0.6 is 0 Å². The lowest BCUT2D eigenvalue weighted by Crippen LogP contribution is -2.45. The number of ether oxygens (including phenoxy) is 1. The molecule has 0 spiro atoms. The summed E-state index contributed by atoms with van der Waals surface area (Å²) in [5.74, 6) is -1.92. The van der Waals surface area contributed by atoms with Crippen LogP contribution in [0.4, 0.5) is 9.59 Å². The first-order chi connectivity index (χ1) is 12.4. The normalized spacial score (nSPS) is 11.6. The van der Waals surface area contributed by atoms with E-state index in [1.54, 1.807) is 20.8 Å². The highest BCUT2D eigenvalue weighted by atomic mass is 16.6. The van der Waals surface area contributed by atoms with Crippen LogP contribution in [0.25, 0.3) is 0 Å². The zero-order valence-electron chi connectivity index (χ0n) is 15.9. The first-order valence-corrected chi connectivity index (χ1v) is 8.48. The first-order valence-electron chi connectivity index (χ1n) is 8.48. The molecule has 0 radical (unpaired) electrons. The number of unbranched alkanes of at least 4 members (excludes halogenated alkanes) is 3. The Balaban J connectivity index is 4.41. The highest BCUT2D eigenvalue weighted by Crippen LogP contribution is 2.11. The summed E-state index contributed by atoms with van der Waals surface area (Å²) in [6.45, 7) is 4.71. The number of hydrogen-bond acceptors (Lipinski definition) is 5. The van der Waals surface area contributed by atoms with Gasteiger partial charge in [0.05, 0.1) is 0 Å². The van der Waals surface area contributed by atoms with E-state index in [4.69, 9.17) is 20.7 Å². The average Bonchev–Trinajstić information content (AvgIpc) is 2.49. The Kier molecular flexibility index (Phi) is 10.5. The number of carbonyl (C=O) groups excluding carboxylic acids is 2. The number of carboxylic acids is 1. The van der Waals surface area contributed by atoms with Gasteiger partial charge in [0, 0.05) is 13.0 Å². The molecule has 11 nitrogen and oxygen atoms in total. The highest BCUT2D eigenvalue weighted by molar-refractivity contribution is 5.97. The number of nitrogens with one attached hydrogen (secondary N) is 1. The van der Waals surface area contributed by atoms with Gasteiger partial charge in [0.25, 0.3) is 0 Å². The minimum Gasteiger partial charge on any atom is -0.480 e. The molecular weight excluding hydrogens is 360 g/mol. The Bertz CT molecular complexity index is 570. The standard InChI is InChI=1S/C16H28N4O7/c1-16(2,3)27-15(26)20(13(17)19-14(24)25)9-7-5-4-6-8-11(21)18-10-12(22)23/h4-10H2,1-3H3,(H2,17,19)(H,18,21)(H,22,23)(H,24,25). The molecule has 0 aliphatic heterocycles. The van der Waals surface area contributed by atoms with E-state index in [9.17, 15) is 19.2 Å². The van der Waals surface area contributed by atoms with Gasteiger partial charge in [-0.25, -0.2) is 14.5 Å². The number of amides is 3. The molecule has 0 aliphatic carbocycles. The van der Waals surface area contributed by atoms with Crippen molar-refractivity contribution in [3.63, 3.8) is 0 Å². The molecule has 0 aliphatic rings. The summed E-state index contributed by atoms with van der Waals surface area (Å²) in [6.07, 6.45) is 0.241. The molecule has 0 bridgehead atoms. The van der Waals surface area contributed by atoms with Gasteiger partial charge in [0.15, 0.2) is 0 Å². The summed E-state index contributed by atoms with van der Waals surface area (Å²) in [4.78, 5) is 48.6. The van der Waals surface area contributed by atoms with Crippen LogP contribution in [0.1, 0.15) is 52.9 Å². The SMILES string of the molecule is CC(C)(C)OC(=O)N(CCCCCCC(=O)NCC(=O)O)C(N)=NC(=O)O. The predicted molar refractivity (Wildman–Crippen MR) is 96.3 cm³/mol. The Hall–Kier alpha value is -2.85. The topological polar surface area (TPSA) is 172 Å². The maximum absolute atomic E-state index is 12.2. The second-order valence-electron chi connectivity index (χ2n) is 6.72. The van der Waals surface area contributed by atoms with Crippen LogP contribution in [0, 0.1) is 0 Å². The number of aliphatic imine (C=N–C) groups is 1. The fraction of sp³-hybridized carbons (Fsp3) is 0.688. The van der Waals surface area contributed by atoms with Crippen molar-refractivity contribution in [2.24, 2.45) is 10.7 Å². The second-order valence-corrected chi connectivity index (χ2v) is 6.72. The minimum atomic E-state index is -1.52. The van der Waals surface area contributed by atoms with Gasteiger partial charge in [-0.3, -0.25) is 9.59 Å². The number of aliphatic carboxylic acids is 1. The lowest BCUT2D eigenvalue weighted by molar-refractivity contribution is -0.137. The van der Waals surface area contributed by atoms with Gasteiger partial charge in [0.2, 0.25) is 11.9 Å². The van der Waals surface area contributed by atoms with Crippen LogP contribution in [0.3, 0.4) is 0 Å². The van der Waals surface area contributed by atoms with Crippen molar-refractivity contribution in [1.29, 1.82) is 0 Å². The zero-order valence-corrected chi connectivity index (χ0v) is 15.9. The molecule has 0 saturated carbocycles. The molecule has 0 fully saturated rings. The average molecular weight is 388 g/mol. The van der Waals surface area contributed by atoms with Crippen LogP contribution in [0.5, 0.6) is 0 Å². The Morgan fingerprint density at radius 3 is 2.19 bits per heavy atom. The van der Waals surface area contributed by atoms with E-state index in [1.165, 1.54) is 0 Å². The van der Waals surface area contributed by atoms with E-state index in [0.717, 1.165) is 4.90 Å². The number of guanidine groups is 1. The summed E-state index contributed by atoms with van der Waals surface area (Å²) in [5.41, 5.74) is 4.79. The third-order valence-corrected chi connectivity index (χ3v) is 3.07. The molecule has 27 heavy (non-hydrogen) atoms. The maximum atomic E-state index is 12.2. The number of hydrogen-bond donors (Lipinski definition) is 4. The molecule has 154 valence electrons. The van der Waals surface area contributed by atoms with Gasteiger partial charge >= 0.3 is 18.2 Å². The Morgan fingerprint density at radius 2 is 1.67 bits per heavy atom. The molecule has 0 aromatic heterocycles. The monoisotopic (exact) mass is 388 g/mol. The fourth-order valence-electron chi connectivity index (χ4n) is 1.95. The summed E-state index contributed by atoms with van der Waals surface area (Å²) >= 11 is 0. The molecule has 5 N–H and O–H groups in total. The maximum Gasteiger partial charge on any atom is 0.434 e. The van der Waals surface area contributed by atoms with Gasteiger partial charge in [-0.05, 0) is 33.6 Å². The minimum absolute atomic E-state index is 0.114. The Labute approximate surface area is 157 Å². The summed E-state index contributed by atoms with van der Waals surface area (Å²) in [7, 11) is 0. The smallest absolute Gasteiger partial charge is 0.434 e. The third-order valence-electron chi connectivity index (χ3n) is 3.07. The van der Waals surface area contributed by atoms with Crippen LogP contribution in [-0.2, 0) is 14.3 Å². The molecule has 3 amide bonds. The fourth-order valence-corrected chi connectivity index (χ4v) is 1.95. The molecule has 0 saturated heterocycles. The molecule has 11 heteroatoms. The molecule has 0 heterocycles. The van der Waals surface area contributed by atoms with E-state index >= 15 is 0 Å². The van der Waals surface area contributed by atoms with Crippen molar-refractivity contribution >= 4 is 30.0 Å². The Morgan fingerprint density at radius 1 is 1.07 bits per heavy atom. The van der Waals surface area contributed by atoms with E-state index in [2.05, 4.69) is 10.3 Å². The lowest BCUT2D eigenvalue weighted by Gasteiger charge is -2.26. The molecule has 0 rings (SSSR count). The number of nitrogens with zero attached hydrogens (tertiary/aromatic N) is 2. The van der Waals surface area contributed by atoms with E-state index in [0.29, 0.717) is 25.7 Å². The summed E-state index contributed by atoms with van der Waals surface area (Å²) in [6, 6.07) is 0. The van der Waals surface area contributed by atoms with Crippen molar-refractivity contribution in [3.05, 3.63) is 0 Å². The van der Waals surface area contributed by atoms with Gasteiger partial charge in [-0.2, -0.15) is 0 Å². The van der Waals surface area contributed by atoms with Crippen LogP contribution in [-0.4, -0.2) is 63.8 Å². The zero-order chi connectivity index (χ0) is 21.0. The first kappa shape index (κ1) is 24.1. The van der Waals surface area contributed by atoms with Gasteiger partial charge < -0.3 is 26.0 Å². The third kappa shape index (κ3) is 13.1. The summed E-state index contributed by atoms with van der Waals surface area (Å²) < 4.78 is 5.19. The second kappa shape index (κ2) is 11.7. The lowest BCUT2D eigenvalue weighted by atomic mass is 10.1. The van der Waals surface area contributed by atoms with Crippen molar-refractivity contribution in [3.8, 4) is 0 Å². The van der Waals surface area contributed by atoms with Gasteiger partial charge in [-0.15, -0.1) is 4.99 Å². The molecule has 0 aromatic carbocycles. The van der Waals surface area contributed by atoms with Crippen molar-refractivity contribution in [2.75, 3.05) is 13.1 Å². The van der Waals surface area contributed by atoms with Crippen molar-refractivity contribution in [2.45, 2.75) is 58.5 Å². The van der Waals surface area contributed by atoms with Gasteiger partial charge in [0.1, 0.15) is 12.1 Å². The predicted octanol–water partition coefficient (Wildman–Crippen LogP) is 1.37. The number of carboxylic acid groups (broad SMARTS) is 2. The number of rotatable bonds is 9. The number of carbonyl (C=O) groups is 4. The van der Waals surface area contributed by atoms with Crippen molar-refractivity contribution < 1.29 is 34.1 Å². The molecule has 0 unspecified atom stereocenters.